The maximum Gasteiger partial charge on any atom is 0.574 e. The number of hydrogen-bond donors (Lipinski definition) is 1. The van der Waals surface area contributed by atoms with E-state index in [2.05, 4.69) is 9.72 Å². The Kier molecular flexibility index (Phi) is 5.32. The Bertz CT molecular complexity index is 490. The standard InChI is InChI=1S/C12H15F3N2O3/c1-3-19-11(18)5-9-7(2)8(6-16)4-10(17-9)20-12(13,14)15/h4H,3,5-6,16H2,1-2H3. The molecular weight excluding hydrogens is 277 g/mol. The minimum absolute atomic E-state index is 0.0123. The van der Waals surface area contributed by atoms with Crippen molar-refractivity contribution in [1.82, 2.24) is 4.98 Å². The van der Waals surface area contributed by atoms with E-state index in [0.717, 1.165) is 6.07 Å². The molecule has 1 aromatic rings. The third-order valence-electron chi connectivity index (χ3n) is 2.51. The molecule has 2 N–H and O–H groups in total. The highest BCUT2D eigenvalue weighted by molar-refractivity contribution is 5.72. The molecule has 0 saturated carbocycles. The smallest absolute Gasteiger partial charge is 0.466 e. The van der Waals surface area contributed by atoms with E-state index in [1.165, 1.54) is 0 Å². The van der Waals surface area contributed by atoms with Crippen molar-refractivity contribution in [3.8, 4) is 5.88 Å². The van der Waals surface area contributed by atoms with Crippen molar-refractivity contribution < 1.29 is 27.4 Å². The van der Waals surface area contributed by atoms with Crippen LogP contribution in [0.3, 0.4) is 0 Å². The van der Waals surface area contributed by atoms with Gasteiger partial charge in [0.05, 0.1) is 18.7 Å². The van der Waals surface area contributed by atoms with Gasteiger partial charge in [-0.25, -0.2) is 4.98 Å². The van der Waals surface area contributed by atoms with Crippen molar-refractivity contribution >= 4 is 5.97 Å². The Hall–Kier alpha value is -1.83. The van der Waals surface area contributed by atoms with Crippen LogP contribution in [0.2, 0.25) is 0 Å². The number of carbonyl (C=O) groups is 1. The highest BCUT2D eigenvalue weighted by Gasteiger charge is 2.32. The molecule has 0 aromatic carbocycles. The van der Waals surface area contributed by atoms with Crippen LogP contribution in [-0.2, 0) is 22.5 Å². The number of nitrogens with zero attached hydrogens (tertiary/aromatic N) is 1. The summed E-state index contributed by atoms with van der Waals surface area (Å²) in [6.07, 6.45) is -5.09. The lowest BCUT2D eigenvalue weighted by molar-refractivity contribution is -0.276. The van der Waals surface area contributed by atoms with E-state index in [1.807, 2.05) is 0 Å². The van der Waals surface area contributed by atoms with Crippen molar-refractivity contribution in [3.05, 3.63) is 22.9 Å². The van der Waals surface area contributed by atoms with E-state index in [-0.39, 0.29) is 25.3 Å². The molecule has 0 saturated heterocycles. The molecule has 0 aliphatic heterocycles. The van der Waals surface area contributed by atoms with Gasteiger partial charge in [-0.3, -0.25) is 4.79 Å². The zero-order valence-corrected chi connectivity index (χ0v) is 11.1. The highest BCUT2D eigenvalue weighted by Crippen LogP contribution is 2.24. The molecule has 1 heterocycles. The quantitative estimate of drug-likeness (QED) is 0.838. The number of carbonyl (C=O) groups excluding carboxylic acids is 1. The van der Waals surface area contributed by atoms with Gasteiger partial charge in [0, 0.05) is 12.6 Å². The summed E-state index contributed by atoms with van der Waals surface area (Å²) in [4.78, 5) is 15.1. The first-order valence-electron chi connectivity index (χ1n) is 5.87. The van der Waals surface area contributed by atoms with Gasteiger partial charge < -0.3 is 15.2 Å². The van der Waals surface area contributed by atoms with Crippen molar-refractivity contribution in [3.63, 3.8) is 0 Å². The van der Waals surface area contributed by atoms with Crippen LogP contribution >= 0.6 is 0 Å². The molecule has 8 heteroatoms. The van der Waals surface area contributed by atoms with Gasteiger partial charge in [-0.2, -0.15) is 0 Å². The van der Waals surface area contributed by atoms with E-state index in [0.29, 0.717) is 11.1 Å². The minimum atomic E-state index is -4.85. The number of aromatic nitrogens is 1. The van der Waals surface area contributed by atoms with Crippen LogP contribution in [-0.4, -0.2) is 23.9 Å². The Morgan fingerprint density at radius 3 is 2.60 bits per heavy atom. The number of pyridine rings is 1. The molecule has 112 valence electrons. The van der Waals surface area contributed by atoms with Crippen LogP contribution in [0, 0.1) is 6.92 Å². The number of rotatable bonds is 5. The van der Waals surface area contributed by atoms with Crippen LogP contribution in [0.25, 0.3) is 0 Å². The van der Waals surface area contributed by atoms with Gasteiger partial charge >= 0.3 is 12.3 Å². The summed E-state index contributed by atoms with van der Waals surface area (Å²) in [5.41, 5.74) is 6.60. The molecule has 1 rings (SSSR count). The number of halogens is 3. The van der Waals surface area contributed by atoms with E-state index < -0.39 is 18.2 Å². The second-order valence-corrected chi connectivity index (χ2v) is 3.93. The van der Waals surface area contributed by atoms with Gasteiger partial charge in [0.25, 0.3) is 0 Å². The van der Waals surface area contributed by atoms with Crippen molar-refractivity contribution in [2.75, 3.05) is 6.61 Å². The van der Waals surface area contributed by atoms with E-state index in [1.54, 1.807) is 13.8 Å². The van der Waals surface area contributed by atoms with E-state index in [4.69, 9.17) is 10.5 Å². The monoisotopic (exact) mass is 292 g/mol. The molecule has 0 spiro atoms. The molecule has 0 atom stereocenters. The maximum atomic E-state index is 12.2. The van der Waals surface area contributed by atoms with Crippen LogP contribution in [0.5, 0.6) is 5.88 Å². The third kappa shape index (κ3) is 4.69. The Labute approximate surface area is 113 Å². The van der Waals surface area contributed by atoms with Gasteiger partial charge in [-0.1, -0.05) is 0 Å². The van der Waals surface area contributed by atoms with E-state index >= 15 is 0 Å². The van der Waals surface area contributed by atoms with E-state index in [9.17, 15) is 18.0 Å². The minimum Gasteiger partial charge on any atom is -0.466 e. The first-order chi connectivity index (χ1) is 9.26. The maximum absolute atomic E-state index is 12.2. The molecule has 1 aromatic heterocycles. The molecular formula is C12H15F3N2O3. The summed E-state index contributed by atoms with van der Waals surface area (Å²) in [6, 6.07) is 1.11. The van der Waals surface area contributed by atoms with Crippen LogP contribution < -0.4 is 10.5 Å². The number of alkyl halides is 3. The van der Waals surface area contributed by atoms with Crippen molar-refractivity contribution in [2.45, 2.75) is 33.2 Å². The predicted molar refractivity (Wildman–Crippen MR) is 63.9 cm³/mol. The van der Waals surface area contributed by atoms with Crippen LogP contribution in [0.1, 0.15) is 23.7 Å². The fourth-order valence-electron chi connectivity index (χ4n) is 1.60. The third-order valence-corrected chi connectivity index (χ3v) is 2.51. The van der Waals surface area contributed by atoms with Gasteiger partial charge in [0.2, 0.25) is 5.88 Å². The summed E-state index contributed by atoms with van der Waals surface area (Å²) in [5, 5.41) is 0. The first kappa shape index (κ1) is 16.2. The molecule has 20 heavy (non-hydrogen) atoms. The Balaban J connectivity index is 3.08. The number of ether oxygens (including phenoxy) is 2. The van der Waals surface area contributed by atoms with Gasteiger partial charge in [0.1, 0.15) is 0 Å². The number of hydrogen-bond acceptors (Lipinski definition) is 5. The number of esters is 1. The molecule has 0 aliphatic carbocycles. The summed E-state index contributed by atoms with van der Waals surface area (Å²) in [5.74, 6) is -1.21. The molecule has 0 radical (unpaired) electrons. The zero-order valence-electron chi connectivity index (χ0n) is 11.1. The second-order valence-electron chi connectivity index (χ2n) is 3.93. The summed E-state index contributed by atoms with van der Waals surface area (Å²) in [7, 11) is 0. The SMILES string of the molecule is CCOC(=O)Cc1nc(OC(F)(F)F)cc(CN)c1C. The molecule has 0 amide bonds. The zero-order chi connectivity index (χ0) is 15.3. The average molecular weight is 292 g/mol. The summed E-state index contributed by atoms with van der Waals surface area (Å²) < 4.78 is 45.1. The number of nitrogens with two attached hydrogens (primary N) is 1. The average Bonchev–Trinajstić information content (AvgIpc) is 2.31. The Morgan fingerprint density at radius 2 is 2.10 bits per heavy atom. The topological polar surface area (TPSA) is 74.4 Å². The van der Waals surface area contributed by atoms with Crippen molar-refractivity contribution in [2.24, 2.45) is 5.73 Å². The Morgan fingerprint density at radius 1 is 1.45 bits per heavy atom. The predicted octanol–water partition coefficient (Wildman–Crippen LogP) is 1.85. The lowest BCUT2D eigenvalue weighted by Crippen LogP contribution is -2.20. The van der Waals surface area contributed by atoms with Gasteiger partial charge in [-0.05, 0) is 25.0 Å². The lowest BCUT2D eigenvalue weighted by atomic mass is 10.1. The second kappa shape index (κ2) is 6.56. The van der Waals surface area contributed by atoms with Crippen molar-refractivity contribution in [1.29, 1.82) is 0 Å². The molecule has 0 aliphatic rings. The largest absolute Gasteiger partial charge is 0.574 e. The fraction of sp³-hybridized carbons (Fsp3) is 0.500. The molecule has 0 bridgehead atoms. The summed E-state index contributed by atoms with van der Waals surface area (Å²) in [6.45, 7) is 3.45. The van der Waals surface area contributed by atoms with Crippen LogP contribution in [0.15, 0.2) is 6.07 Å². The molecule has 0 unspecified atom stereocenters. The molecule has 5 nitrogen and oxygen atoms in total. The lowest BCUT2D eigenvalue weighted by Gasteiger charge is -2.14. The first-order valence-corrected chi connectivity index (χ1v) is 5.87. The van der Waals surface area contributed by atoms with Gasteiger partial charge in [0.15, 0.2) is 0 Å². The highest BCUT2D eigenvalue weighted by atomic mass is 19.4. The summed E-state index contributed by atoms with van der Waals surface area (Å²) >= 11 is 0. The normalized spacial score (nSPS) is 11.3. The van der Waals surface area contributed by atoms with Gasteiger partial charge in [-0.15, -0.1) is 13.2 Å². The van der Waals surface area contributed by atoms with Crippen LogP contribution in [0.4, 0.5) is 13.2 Å². The molecule has 0 fully saturated rings. The fourth-order valence-corrected chi connectivity index (χ4v) is 1.60.